The zero-order valence-corrected chi connectivity index (χ0v) is 12.0. The molecule has 2 N–H and O–H groups in total. The molecule has 1 aromatic heterocycles. The summed E-state index contributed by atoms with van der Waals surface area (Å²) in [6.07, 6.45) is 0. The van der Waals surface area contributed by atoms with Gasteiger partial charge >= 0.3 is 11.7 Å². The van der Waals surface area contributed by atoms with E-state index in [9.17, 15) is 9.59 Å². The molecule has 0 bridgehead atoms. The molecule has 0 spiro atoms. The van der Waals surface area contributed by atoms with Gasteiger partial charge in [0, 0.05) is 6.54 Å². The lowest BCUT2D eigenvalue weighted by Gasteiger charge is -2.12. The predicted molar refractivity (Wildman–Crippen MR) is 75.9 cm³/mol. The van der Waals surface area contributed by atoms with Gasteiger partial charge in [-0.2, -0.15) is 0 Å². The number of hydrogen-bond donors (Lipinski definition) is 1. The molecule has 0 aliphatic heterocycles. The lowest BCUT2D eigenvalue weighted by molar-refractivity contribution is -0.146. The Balaban J connectivity index is 2.11. The molecule has 0 aliphatic carbocycles. The standard InChI is InChI=1S/C14H18N2O5/c1-3-16-11-5-4-9(6-12(11)21-14(16)18)10(15)7-20-8-13(17)19-2/h4-6,10H,3,7-8,15H2,1-2H3. The van der Waals surface area contributed by atoms with Gasteiger partial charge in [-0.05, 0) is 24.6 Å². The highest BCUT2D eigenvalue weighted by Gasteiger charge is 2.12. The number of benzene rings is 1. The lowest BCUT2D eigenvalue weighted by Crippen LogP contribution is -2.20. The zero-order chi connectivity index (χ0) is 15.4. The summed E-state index contributed by atoms with van der Waals surface area (Å²) in [5.41, 5.74) is 7.97. The van der Waals surface area contributed by atoms with Gasteiger partial charge in [-0.1, -0.05) is 6.07 Å². The van der Waals surface area contributed by atoms with Crippen molar-refractivity contribution in [3.8, 4) is 0 Å². The minimum Gasteiger partial charge on any atom is -0.467 e. The fraction of sp³-hybridized carbons (Fsp3) is 0.429. The molecular weight excluding hydrogens is 276 g/mol. The van der Waals surface area contributed by atoms with Crippen molar-refractivity contribution in [3.63, 3.8) is 0 Å². The van der Waals surface area contributed by atoms with Gasteiger partial charge in [0.1, 0.15) is 6.61 Å². The number of esters is 1. The van der Waals surface area contributed by atoms with Crippen LogP contribution in [0.2, 0.25) is 0 Å². The summed E-state index contributed by atoms with van der Waals surface area (Å²) < 4.78 is 16.4. The molecule has 1 unspecified atom stereocenters. The first kappa shape index (κ1) is 15.3. The number of carbonyl (C=O) groups excluding carboxylic acids is 1. The number of aromatic nitrogens is 1. The van der Waals surface area contributed by atoms with Crippen LogP contribution in [0.1, 0.15) is 18.5 Å². The maximum Gasteiger partial charge on any atom is 0.419 e. The first-order chi connectivity index (χ1) is 10.1. The lowest BCUT2D eigenvalue weighted by atomic mass is 10.1. The molecule has 2 rings (SSSR count). The second kappa shape index (κ2) is 6.55. The molecule has 0 amide bonds. The summed E-state index contributed by atoms with van der Waals surface area (Å²) in [6.45, 7) is 2.43. The summed E-state index contributed by atoms with van der Waals surface area (Å²) in [6, 6.07) is 4.90. The van der Waals surface area contributed by atoms with Crippen LogP contribution in [-0.2, 0) is 20.8 Å². The molecule has 21 heavy (non-hydrogen) atoms. The van der Waals surface area contributed by atoms with Crippen molar-refractivity contribution < 1.29 is 18.7 Å². The van der Waals surface area contributed by atoms with Gasteiger partial charge in [0.15, 0.2) is 5.58 Å². The minimum absolute atomic E-state index is 0.145. The van der Waals surface area contributed by atoms with Crippen molar-refractivity contribution in [3.05, 3.63) is 34.3 Å². The maximum absolute atomic E-state index is 11.6. The Hall–Kier alpha value is -2.12. The molecule has 0 fully saturated rings. The summed E-state index contributed by atoms with van der Waals surface area (Å²) >= 11 is 0. The van der Waals surface area contributed by atoms with Gasteiger partial charge in [-0.15, -0.1) is 0 Å². The van der Waals surface area contributed by atoms with Gasteiger partial charge in [-0.3, -0.25) is 4.57 Å². The molecule has 2 aromatic rings. The first-order valence-corrected chi connectivity index (χ1v) is 6.60. The van der Waals surface area contributed by atoms with Gasteiger partial charge in [0.25, 0.3) is 0 Å². The number of hydrogen-bond acceptors (Lipinski definition) is 6. The Morgan fingerprint density at radius 3 is 2.90 bits per heavy atom. The van der Waals surface area contributed by atoms with E-state index >= 15 is 0 Å². The minimum atomic E-state index is -0.455. The van der Waals surface area contributed by atoms with Gasteiger partial charge in [0.2, 0.25) is 0 Å². The first-order valence-electron chi connectivity index (χ1n) is 6.60. The molecule has 0 saturated heterocycles. The third kappa shape index (κ3) is 3.32. The van der Waals surface area contributed by atoms with E-state index in [1.807, 2.05) is 13.0 Å². The fourth-order valence-corrected chi connectivity index (χ4v) is 2.04. The van der Waals surface area contributed by atoms with E-state index in [-0.39, 0.29) is 19.0 Å². The Kier molecular flexibility index (Phi) is 4.77. The number of oxazole rings is 1. The normalized spacial score (nSPS) is 12.5. The number of rotatable bonds is 6. The van der Waals surface area contributed by atoms with E-state index in [2.05, 4.69) is 4.74 Å². The van der Waals surface area contributed by atoms with Crippen molar-refractivity contribution in [1.82, 2.24) is 4.57 Å². The summed E-state index contributed by atoms with van der Waals surface area (Å²) in [4.78, 5) is 22.6. The van der Waals surface area contributed by atoms with Crippen LogP contribution in [0, 0.1) is 0 Å². The van der Waals surface area contributed by atoms with Gasteiger partial charge in [-0.25, -0.2) is 9.59 Å². The Bertz CT molecular complexity index is 688. The van der Waals surface area contributed by atoms with E-state index in [1.54, 1.807) is 16.7 Å². The molecule has 0 saturated carbocycles. The van der Waals surface area contributed by atoms with Gasteiger partial charge in [0.05, 0.1) is 25.3 Å². The molecule has 0 radical (unpaired) electrons. The largest absolute Gasteiger partial charge is 0.467 e. The van der Waals surface area contributed by atoms with Crippen LogP contribution in [0.4, 0.5) is 0 Å². The summed E-state index contributed by atoms with van der Waals surface area (Å²) in [5.74, 6) is -0.844. The van der Waals surface area contributed by atoms with Crippen LogP contribution < -0.4 is 11.5 Å². The second-order valence-corrected chi connectivity index (χ2v) is 4.54. The summed E-state index contributed by atoms with van der Waals surface area (Å²) in [5, 5.41) is 0. The number of aryl methyl sites for hydroxylation is 1. The highest BCUT2D eigenvalue weighted by atomic mass is 16.6. The highest BCUT2D eigenvalue weighted by molar-refractivity contribution is 5.74. The van der Waals surface area contributed by atoms with Gasteiger partial charge < -0.3 is 19.6 Å². The topological polar surface area (TPSA) is 96.7 Å². The van der Waals surface area contributed by atoms with Crippen LogP contribution in [0.15, 0.2) is 27.4 Å². The van der Waals surface area contributed by atoms with Crippen LogP contribution in [0.5, 0.6) is 0 Å². The van der Waals surface area contributed by atoms with E-state index < -0.39 is 12.0 Å². The Labute approximate surface area is 121 Å². The molecule has 1 atom stereocenters. The molecule has 1 aromatic carbocycles. The molecule has 7 heteroatoms. The maximum atomic E-state index is 11.6. The average Bonchev–Trinajstić information content (AvgIpc) is 2.80. The number of ether oxygens (including phenoxy) is 2. The number of nitrogens with two attached hydrogens (primary N) is 1. The van der Waals surface area contributed by atoms with E-state index in [0.29, 0.717) is 12.1 Å². The number of methoxy groups -OCH3 is 1. The molecule has 1 heterocycles. The third-order valence-electron chi connectivity index (χ3n) is 3.18. The van der Waals surface area contributed by atoms with Crippen molar-refractivity contribution in [2.24, 2.45) is 5.73 Å². The average molecular weight is 294 g/mol. The molecule has 7 nitrogen and oxygen atoms in total. The highest BCUT2D eigenvalue weighted by Crippen LogP contribution is 2.19. The Morgan fingerprint density at radius 1 is 1.48 bits per heavy atom. The second-order valence-electron chi connectivity index (χ2n) is 4.54. The molecular formula is C14H18N2O5. The van der Waals surface area contributed by atoms with Crippen molar-refractivity contribution >= 4 is 17.1 Å². The van der Waals surface area contributed by atoms with E-state index in [1.165, 1.54) is 7.11 Å². The van der Waals surface area contributed by atoms with Crippen LogP contribution in [0.25, 0.3) is 11.1 Å². The quantitative estimate of drug-likeness (QED) is 0.792. The molecule has 114 valence electrons. The van der Waals surface area contributed by atoms with Crippen molar-refractivity contribution in [2.45, 2.75) is 19.5 Å². The van der Waals surface area contributed by atoms with Crippen molar-refractivity contribution in [1.29, 1.82) is 0 Å². The fourth-order valence-electron chi connectivity index (χ4n) is 2.04. The van der Waals surface area contributed by atoms with Crippen LogP contribution in [-0.4, -0.2) is 30.9 Å². The number of nitrogens with zero attached hydrogens (tertiary/aromatic N) is 1. The smallest absolute Gasteiger partial charge is 0.419 e. The van der Waals surface area contributed by atoms with Crippen LogP contribution in [0.3, 0.4) is 0 Å². The van der Waals surface area contributed by atoms with E-state index in [0.717, 1.165) is 11.1 Å². The number of fused-ring (bicyclic) bond motifs is 1. The molecule has 0 aliphatic rings. The monoisotopic (exact) mass is 294 g/mol. The summed E-state index contributed by atoms with van der Waals surface area (Å²) in [7, 11) is 1.29. The SMILES string of the molecule is CCn1c(=O)oc2cc(C(N)COCC(=O)OC)ccc21. The zero-order valence-electron chi connectivity index (χ0n) is 12.0. The van der Waals surface area contributed by atoms with Crippen LogP contribution >= 0.6 is 0 Å². The van der Waals surface area contributed by atoms with E-state index in [4.69, 9.17) is 14.9 Å². The van der Waals surface area contributed by atoms with Crippen molar-refractivity contribution in [2.75, 3.05) is 20.3 Å². The number of carbonyl (C=O) groups is 1. The predicted octanol–water partition coefficient (Wildman–Crippen LogP) is 0.804. The third-order valence-corrected chi connectivity index (χ3v) is 3.18. The Morgan fingerprint density at radius 2 is 2.24 bits per heavy atom.